The number of ether oxygens (including phenoxy) is 2. The summed E-state index contributed by atoms with van der Waals surface area (Å²) >= 11 is 0. The molecule has 0 amide bonds. The number of benzene rings is 2. The molecular weight excluding hydrogens is 499 g/mol. The highest BCUT2D eigenvalue weighted by molar-refractivity contribution is 7.91. The van der Waals surface area contributed by atoms with Crippen LogP contribution >= 0.6 is 0 Å². The summed E-state index contributed by atoms with van der Waals surface area (Å²) in [7, 11) is -2.33. The van der Waals surface area contributed by atoms with Gasteiger partial charge in [-0.05, 0) is 42.8 Å². The van der Waals surface area contributed by atoms with Gasteiger partial charge in [0.2, 0.25) is 5.72 Å². The van der Waals surface area contributed by atoms with Crippen LogP contribution in [0.25, 0.3) is 11.8 Å². The number of hydrogen-bond donors (Lipinski definition) is 0. The zero-order valence-corrected chi connectivity index (χ0v) is 21.3. The van der Waals surface area contributed by atoms with Crippen LogP contribution in [0.5, 0.6) is 5.75 Å². The molecule has 192 valence electrons. The van der Waals surface area contributed by atoms with E-state index >= 15 is 0 Å². The van der Waals surface area contributed by atoms with Crippen molar-refractivity contribution in [3.8, 4) is 11.4 Å². The molecule has 0 N–H and O–H groups in total. The quantitative estimate of drug-likeness (QED) is 0.516. The van der Waals surface area contributed by atoms with Crippen LogP contribution in [-0.2, 0) is 25.3 Å². The predicted octanol–water partition coefficient (Wildman–Crippen LogP) is 3.73. The molecule has 2 saturated heterocycles. The van der Waals surface area contributed by atoms with Gasteiger partial charge < -0.3 is 18.9 Å². The summed E-state index contributed by atoms with van der Waals surface area (Å²) in [6.45, 7) is 3.67. The molecule has 3 aliphatic rings. The number of imidazole rings is 1. The molecule has 0 bridgehead atoms. The average molecular weight is 525 g/mol. The minimum absolute atomic E-state index is 0.0676. The van der Waals surface area contributed by atoms with Gasteiger partial charge in [-0.25, -0.2) is 22.1 Å². The summed E-state index contributed by atoms with van der Waals surface area (Å²) in [5.41, 5.74) is 2.21. The first-order valence-electron chi connectivity index (χ1n) is 11.7. The lowest BCUT2D eigenvalue weighted by Gasteiger charge is -2.49. The summed E-state index contributed by atoms with van der Waals surface area (Å²) in [5, 5.41) is 4.23. The van der Waals surface area contributed by atoms with Crippen molar-refractivity contribution in [1.82, 2.24) is 13.9 Å². The van der Waals surface area contributed by atoms with Gasteiger partial charge in [0.15, 0.2) is 5.84 Å². The monoisotopic (exact) mass is 524 g/mol. The number of sulfonamides is 1. The van der Waals surface area contributed by atoms with Gasteiger partial charge in [0.25, 0.3) is 10.0 Å². The van der Waals surface area contributed by atoms with Gasteiger partial charge in [0, 0.05) is 30.7 Å². The molecule has 2 aromatic carbocycles. The van der Waals surface area contributed by atoms with Gasteiger partial charge in [-0.1, -0.05) is 23.4 Å². The van der Waals surface area contributed by atoms with Gasteiger partial charge in [-0.2, -0.15) is 0 Å². The van der Waals surface area contributed by atoms with E-state index in [4.69, 9.17) is 14.3 Å². The Morgan fingerprint density at radius 3 is 2.54 bits per heavy atom. The minimum atomic E-state index is -3.93. The van der Waals surface area contributed by atoms with Crippen LogP contribution < -0.4 is 4.74 Å². The number of aryl methyl sites for hydroxylation is 1. The Morgan fingerprint density at radius 1 is 1.16 bits per heavy atom. The SMILES string of the molecule is COc1cc(/C=C2\CC3(COC3)S(=O)(=O)N3C2=NOC3(C)c2ccc(F)cc2)ccc1-n1cnc(C)c1. The van der Waals surface area contributed by atoms with Crippen molar-refractivity contribution in [2.45, 2.75) is 30.7 Å². The average Bonchev–Trinajstić information content (AvgIpc) is 3.44. The van der Waals surface area contributed by atoms with E-state index in [0.29, 0.717) is 16.9 Å². The molecule has 3 aromatic rings. The molecule has 1 spiro atoms. The Kier molecular flexibility index (Phi) is 5.22. The van der Waals surface area contributed by atoms with Crippen molar-refractivity contribution >= 4 is 21.9 Å². The fraction of sp³-hybridized carbons (Fsp3) is 0.308. The fourth-order valence-electron chi connectivity index (χ4n) is 5.03. The van der Waals surface area contributed by atoms with Crippen molar-refractivity contribution in [3.63, 3.8) is 0 Å². The molecule has 6 rings (SSSR count). The molecule has 3 aliphatic heterocycles. The fourth-order valence-corrected chi connectivity index (χ4v) is 7.19. The van der Waals surface area contributed by atoms with Crippen LogP contribution in [0.2, 0.25) is 0 Å². The number of fused-ring (bicyclic) bond motifs is 1. The van der Waals surface area contributed by atoms with Crippen LogP contribution in [-0.4, -0.2) is 53.2 Å². The zero-order valence-electron chi connectivity index (χ0n) is 20.5. The lowest BCUT2D eigenvalue weighted by molar-refractivity contribution is -0.0678. The third kappa shape index (κ3) is 3.48. The molecule has 0 radical (unpaired) electrons. The van der Waals surface area contributed by atoms with Crippen LogP contribution in [0.4, 0.5) is 4.39 Å². The van der Waals surface area contributed by atoms with Crippen LogP contribution in [0.15, 0.2) is 65.7 Å². The van der Waals surface area contributed by atoms with E-state index in [1.165, 1.54) is 28.6 Å². The maximum Gasteiger partial charge on any atom is 0.250 e. The maximum atomic E-state index is 13.9. The van der Waals surface area contributed by atoms with E-state index in [-0.39, 0.29) is 25.5 Å². The molecule has 1 atom stereocenters. The van der Waals surface area contributed by atoms with Gasteiger partial charge in [0.1, 0.15) is 16.3 Å². The highest BCUT2D eigenvalue weighted by Gasteiger charge is 2.65. The predicted molar refractivity (Wildman–Crippen MR) is 134 cm³/mol. The lowest BCUT2D eigenvalue weighted by Crippen LogP contribution is -2.67. The number of aromatic nitrogens is 2. The van der Waals surface area contributed by atoms with E-state index in [1.807, 2.05) is 42.0 Å². The summed E-state index contributed by atoms with van der Waals surface area (Å²) < 4.78 is 54.5. The number of amidine groups is 1. The molecule has 1 unspecified atom stereocenters. The van der Waals surface area contributed by atoms with E-state index in [0.717, 1.165) is 16.9 Å². The molecular formula is C26H25FN4O5S. The van der Waals surface area contributed by atoms with Crippen molar-refractivity contribution in [3.05, 3.63) is 83.2 Å². The molecule has 37 heavy (non-hydrogen) atoms. The van der Waals surface area contributed by atoms with E-state index in [9.17, 15) is 12.8 Å². The topological polar surface area (TPSA) is 95.3 Å². The Morgan fingerprint density at radius 2 is 1.92 bits per heavy atom. The molecule has 11 heteroatoms. The standard InChI is InChI=1S/C26H25FN4O5S/c1-17-13-30(16-28-17)22-9-4-18(11-23(22)34-3)10-19-12-26(14-35-15-26)37(32,33)31-24(19)29-36-25(31,2)20-5-7-21(27)8-6-20/h4-11,13,16H,12,14-15H2,1-3H3/b19-10+. The summed E-state index contributed by atoms with van der Waals surface area (Å²) in [5.74, 6) is 0.410. The highest BCUT2D eigenvalue weighted by Crippen LogP contribution is 2.50. The summed E-state index contributed by atoms with van der Waals surface area (Å²) in [4.78, 5) is 10.1. The van der Waals surface area contributed by atoms with E-state index in [2.05, 4.69) is 10.1 Å². The molecule has 1 aromatic heterocycles. The summed E-state index contributed by atoms with van der Waals surface area (Å²) in [6.07, 6.45) is 5.74. The Balaban J connectivity index is 1.44. The maximum absolute atomic E-state index is 13.9. The van der Waals surface area contributed by atoms with Crippen molar-refractivity contribution in [1.29, 1.82) is 0 Å². The number of halogens is 1. The molecule has 0 saturated carbocycles. The second-order valence-corrected chi connectivity index (χ2v) is 11.8. The smallest absolute Gasteiger partial charge is 0.250 e. The van der Waals surface area contributed by atoms with Crippen molar-refractivity contribution < 1.29 is 27.1 Å². The Labute approximate surface area is 213 Å². The second-order valence-electron chi connectivity index (χ2n) is 9.64. The molecule has 2 fully saturated rings. The third-order valence-electron chi connectivity index (χ3n) is 7.12. The van der Waals surface area contributed by atoms with E-state index in [1.54, 1.807) is 20.4 Å². The minimum Gasteiger partial charge on any atom is -0.495 e. The van der Waals surface area contributed by atoms with Crippen LogP contribution in [0, 0.1) is 12.7 Å². The number of oxime groups is 1. The highest BCUT2D eigenvalue weighted by atomic mass is 32.2. The Bertz CT molecular complexity index is 1560. The summed E-state index contributed by atoms with van der Waals surface area (Å²) in [6, 6.07) is 11.3. The number of hydrogen-bond acceptors (Lipinski definition) is 7. The normalized spacial score (nSPS) is 24.4. The second kappa shape index (κ2) is 8.15. The van der Waals surface area contributed by atoms with E-state index < -0.39 is 26.3 Å². The lowest BCUT2D eigenvalue weighted by atomic mass is 9.93. The van der Waals surface area contributed by atoms with Gasteiger partial charge in [-0.3, -0.25) is 0 Å². The number of methoxy groups -OCH3 is 1. The van der Waals surface area contributed by atoms with Crippen molar-refractivity contribution in [2.24, 2.45) is 5.16 Å². The first-order valence-corrected chi connectivity index (χ1v) is 13.2. The van der Waals surface area contributed by atoms with Crippen LogP contribution in [0.3, 0.4) is 0 Å². The largest absolute Gasteiger partial charge is 0.495 e. The zero-order chi connectivity index (χ0) is 26.0. The molecule has 9 nitrogen and oxygen atoms in total. The Hall–Kier alpha value is -3.70. The van der Waals surface area contributed by atoms with Crippen LogP contribution in [0.1, 0.15) is 30.2 Å². The number of rotatable bonds is 4. The third-order valence-corrected chi connectivity index (χ3v) is 9.60. The molecule has 4 heterocycles. The first kappa shape index (κ1) is 23.7. The molecule has 0 aliphatic carbocycles. The van der Waals surface area contributed by atoms with Gasteiger partial charge in [-0.15, -0.1) is 0 Å². The number of nitrogens with zero attached hydrogens (tertiary/aromatic N) is 4. The van der Waals surface area contributed by atoms with Crippen molar-refractivity contribution in [2.75, 3.05) is 20.3 Å². The first-order chi connectivity index (χ1) is 17.7. The van der Waals surface area contributed by atoms with Gasteiger partial charge >= 0.3 is 0 Å². The van der Waals surface area contributed by atoms with Gasteiger partial charge in [0.05, 0.1) is 38.0 Å².